The zero-order valence-corrected chi connectivity index (χ0v) is 10.4. The molecule has 1 aromatic carbocycles. The largest absolute Gasteiger partial charge is 0.451 e. The van der Waals surface area contributed by atoms with Crippen molar-refractivity contribution in [2.45, 2.75) is 16.1 Å². The Morgan fingerprint density at radius 3 is 2.40 bits per heavy atom. The number of alkyl halides is 3. The molecule has 1 aromatic heterocycles. The lowest BCUT2D eigenvalue weighted by atomic mass is 10.3. The number of hydrogen-bond acceptors (Lipinski definition) is 4. The first kappa shape index (κ1) is 14.5. The van der Waals surface area contributed by atoms with Crippen LogP contribution in [-0.2, 0) is 6.18 Å². The predicted molar refractivity (Wildman–Crippen MR) is 61.9 cm³/mol. The Morgan fingerprint density at radius 1 is 1.05 bits per heavy atom. The van der Waals surface area contributed by atoms with Gasteiger partial charge < -0.3 is 5.73 Å². The fourth-order valence-electron chi connectivity index (χ4n) is 1.29. The molecule has 0 saturated heterocycles. The highest BCUT2D eigenvalue weighted by molar-refractivity contribution is 7.99. The molecule has 0 aliphatic rings. The fraction of sp³-hybridized carbons (Fsp3) is 0.0909. The number of nitrogens with zero attached hydrogens (tertiary/aromatic N) is 2. The average molecular weight is 307 g/mol. The quantitative estimate of drug-likeness (QED) is 0.681. The van der Waals surface area contributed by atoms with Crippen LogP contribution in [-0.4, -0.2) is 9.97 Å². The van der Waals surface area contributed by atoms with Crippen molar-refractivity contribution in [2.75, 3.05) is 5.73 Å². The van der Waals surface area contributed by atoms with E-state index < -0.39 is 29.5 Å². The minimum Gasteiger partial charge on any atom is -0.384 e. The minimum atomic E-state index is -4.77. The molecule has 0 radical (unpaired) electrons. The summed E-state index contributed by atoms with van der Waals surface area (Å²) in [6, 6.07) is 3.66. The molecule has 106 valence electrons. The van der Waals surface area contributed by atoms with Crippen molar-refractivity contribution in [2.24, 2.45) is 0 Å². The summed E-state index contributed by atoms with van der Waals surface area (Å²) >= 11 is 0.527. The second kappa shape index (κ2) is 5.23. The summed E-state index contributed by atoms with van der Waals surface area (Å²) in [4.78, 5) is 6.08. The van der Waals surface area contributed by atoms with Gasteiger partial charge in [0.15, 0.2) is 0 Å². The third-order valence-electron chi connectivity index (χ3n) is 2.08. The van der Waals surface area contributed by atoms with Crippen LogP contribution >= 0.6 is 11.8 Å². The Labute approximate surface area is 114 Å². The summed E-state index contributed by atoms with van der Waals surface area (Å²) < 4.78 is 63.9. The smallest absolute Gasteiger partial charge is 0.384 e. The van der Waals surface area contributed by atoms with Gasteiger partial charge in [-0.25, -0.2) is 18.7 Å². The molecular weight excluding hydrogens is 301 g/mol. The topological polar surface area (TPSA) is 51.8 Å². The Morgan fingerprint density at radius 2 is 1.75 bits per heavy atom. The van der Waals surface area contributed by atoms with Gasteiger partial charge in [0.1, 0.15) is 22.5 Å². The Hall–Kier alpha value is -1.90. The van der Waals surface area contributed by atoms with E-state index >= 15 is 0 Å². The third-order valence-corrected chi connectivity index (χ3v) is 3.03. The Kier molecular flexibility index (Phi) is 3.80. The molecule has 0 saturated carbocycles. The number of rotatable bonds is 2. The number of nitrogens with two attached hydrogens (primary N) is 1. The van der Waals surface area contributed by atoms with Crippen LogP contribution in [0.25, 0.3) is 0 Å². The molecular formula is C11H6F5N3S. The van der Waals surface area contributed by atoms with E-state index in [0.717, 1.165) is 24.3 Å². The fourth-order valence-corrected chi connectivity index (χ4v) is 2.16. The molecule has 9 heteroatoms. The van der Waals surface area contributed by atoms with Crippen LogP contribution in [0.1, 0.15) is 5.82 Å². The second-order valence-corrected chi connectivity index (χ2v) is 4.69. The molecule has 0 amide bonds. The van der Waals surface area contributed by atoms with Crippen molar-refractivity contribution in [3.63, 3.8) is 0 Å². The van der Waals surface area contributed by atoms with E-state index in [0.29, 0.717) is 11.8 Å². The van der Waals surface area contributed by atoms with Crippen molar-refractivity contribution in [1.82, 2.24) is 9.97 Å². The van der Waals surface area contributed by atoms with E-state index in [1.165, 1.54) is 0 Å². The van der Waals surface area contributed by atoms with Gasteiger partial charge in [0.25, 0.3) is 0 Å². The predicted octanol–water partition coefficient (Wildman–Crippen LogP) is 3.51. The average Bonchev–Trinajstić information content (AvgIpc) is 2.32. The maximum Gasteiger partial charge on any atom is 0.451 e. The maximum atomic E-state index is 13.4. The van der Waals surface area contributed by atoms with Gasteiger partial charge in [-0.1, -0.05) is 11.8 Å². The molecule has 0 atom stereocenters. The van der Waals surface area contributed by atoms with Crippen molar-refractivity contribution < 1.29 is 22.0 Å². The summed E-state index contributed by atoms with van der Waals surface area (Å²) in [5.74, 6) is -3.34. The Bertz CT molecular complexity index is 644. The molecule has 20 heavy (non-hydrogen) atoms. The minimum absolute atomic E-state index is 0.198. The van der Waals surface area contributed by atoms with Crippen LogP contribution in [0.2, 0.25) is 0 Å². The highest BCUT2D eigenvalue weighted by Crippen LogP contribution is 2.33. The first-order valence-corrected chi connectivity index (χ1v) is 5.92. The van der Waals surface area contributed by atoms with Gasteiger partial charge in [-0.3, -0.25) is 0 Å². The lowest BCUT2D eigenvalue weighted by Gasteiger charge is -2.08. The summed E-state index contributed by atoms with van der Waals surface area (Å²) in [5, 5.41) is -0.227. The second-order valence-electron chi connectivity index (χ2n) is 3.63. The summed E-state index contributed by atoms with van der Waals surface area (Å²) in [7, 11) is 0. The Balaban J connectivity index is 2.39. The molecule has 0 fully saturated rings. The van der Waals surface area contributed by atoms with Crippen LogP contribution in [0, 0.1) is 11.6 Å². The molecule has 3 nitrogen and oxygen atoms in total. The van der Waals surface area contributed by atoms with Crippen LogP contribution in [0.4, 0.5) is 27.8 Å². The molecule has 2 rings (SSSR count). The number of hydrogen-bond donors (Lipinski definition) is 1. The highest BCUT2D eigenvalue weighted by Gasteiger charge is 2.35. The van der Waals surface area contributed by atoms with Crippen molar-refractivity contribution in [1.29, 1.82) is 0 Å². The number of benzene rings is 1. The molecule has 2 N–H and O–H groups in total. The molecule has 2 aromatic rings. The highest BCUT2D eigenvalue weighted by atomic mass is 32.2. The lowest BCUT2D eigenvalue weighted by Crippen LogP contribution is -2.12. The van der Waals surface area contributed by atoms with E-state index in [9.17, 15) is 22.0 Å². The van der Waals surface area contributed by atoms with E-state index in [1.54, 1.807) is 0 Å². The summed E-state index contributed by atoms with van der Waals surface area (Å²) in [6.45, 7) is 0. The van der Waals surface area contributed by atoms with Gasteiger partial charge >= 0.3 is 6.18 Å². The van der Waals surface area contributed by atoms with Crippen molar-refractivity contribution >= 4 is 17.6 Å². The lowest BCUT2D eigenvalue weighted by molar-refractivity contribution is -0.145. The standard InChI is InChI=1S/C11H6F5N3S/c12-5-1-2-6(13)7(3-5)20-9-4-8(17)18-10(19-9)11(14,15)16/h1-4H,(H2,17,18,19). The number of aromatic nitrogens is 2. The van der Waals surface area contributed by atoms with Gasteiger partial charge in [-0.15, -0.1) is 0 Å². The zero-order valence-electron chi connectivity index (χ0n) is 9.58. The number of nitrogen functional groups attached to an aromatic ring is 1. The normalized spacial score (nSPS) is 11.7. The van der Waals surface area contributed by atoms with Gasteiger partial charge in [-0.2, -0.15) is 13.2 Å². The number of anilines is 1. The van der Waals surface area contributed by atoms with Crippen LogP contribution in [0.3, 0.4) is 0 Å². The molecule has 1 heterocycles. The third kappa shape index (κ3) is 3.35. The van der Waals surface area contributed by atoms with Crippen molar-refractivity contribution in [3.05, 3.63) is 41.7 Å². The van der Waals surface area contributed by atoms with E-state index in [1.807, 2.05) is 0 Å². The summed E-state index contributed by atoms with van der Waals surface area (Å²) in [6.07, 6.45) is -4.77. The molecule has 0 bridgehead atoms. The SMILES string of the molecule is Nc1cc(Sc2cc(F)ccc2F)nc(C(F)(F)F)n1. The molecule has 0 spiro atoms. The molecule has 0 unspecified atom stereocenters. The van der Waals surface area contributed by atoms with Gasteiger partial charge in [-0.05, 0) is 18.2 Å². The zero-order chi connectivity index (χ0) is 14.9. The molecule has 0 aliphatic heterocycles. The van der Waals surface area contributed by atoms with Crippen molar-refractivity contribution in [3.8, 4) is 0 Å². The maximum absolute atomic E-state index is 13.4. The molecule has 0 aliphatic carbocycles. The van der Waals surface area contributed by atoms with E-state index in [4.69, 9.17) is 5.73 Å². The van der Waals surface area contributed by atoms with E-state index in [-0.39, 0.29) is 9.92 Å². The summed E-state index contributed by atoms with van der Waals surface area (Å²) in [5.41, 5.74) is 5.25. The van der Waals surface area contributed by atoms with E-state index in [2.05, 4.69) is 9.97 Å². The van der Waals surface area contributed by atoms with Gasteiger partial charge in [0, 0.05) is 6.07 Å². The number of halogens is 5. The first-order chi connectivity index (χ1) is 9.25. The van der Waals surface area contributed by atoms with Crippen LogP contribution in [0.5, 0.6) is 0 Å². The first-order valence-electron chi connectivity index (χ1n) is 5.10. The van der Waals surface area contributed by atoms with Gasteiger partial charge in [0.2, 0.25) is 5.82 Å². The van der Waals surface area contributed by atoms with Crippen LogP contribution in [0.15, 0.2) is 34.2 Å². The van der Waals surface area contributed by atoms with Crippen LogP contribution < -0.4 is 5.73 Å². The monoisotopic (exact) mass is 307 g/mol. The van der Waals surface area contributed by atoms with Gasteiger partial charge in [0.05, 0.1) is 4.90 Å².